The molecule has 0 aromatic heterocycles. The predicted molar refractivity (Wildman–Crippen MR) is 81.7 cm³/mol. The second kappa shape index (κ2) is 5.55. The lowest BCUT2D eigenvalue weighted by atomic mass is 9.82. The van der Waals surface area contributed by atoms with Gasteiger partial charge in [0.05, 0.1) is 18.3 Å². The molecule has 0 saturated carbocycles. The third-order valence-corrected chi connectivity index (χ3v) is 4.33. The minimum absolute atomic E-state index is 0.185. The summed E-state index contributed by atoms with van der Waals surface area (Å²) in [7, 11) is 0. The summed E-state index contributed by atoms with van der Waals surface area (Å²) >= 11 is 0. The lowest BCUT2D eigenvalue weighted by Gasteiger charge is -2.37. The summed E-state index contributed by atoms with van der Waals surface area (Å²) in [6.45, 7) is 2.81. The zero-order valence-corrected chi connectivity index (χ0v) is 12.0. The standard InChI is InChI=1S/C18H22O2/c1-2-5-17-13-18(19,10-11-20-17)16-9-8-14-6-3-4-7-15(14)12-16/h3-4,6-9,12,17,19H,2,5,10-11,13H2,1H3. The van der Waals surface area contributed by atoms with Crippen molar-refractivity contribution < 1.29 is 9.84 Å². The molecule has 0 bridgehead atoms. The monoisotopic (exact) mass is 270 g/mol. The van der Waals surface area contributed by atoms with Crippen molar-refractivity contribution in [3.05, 3.63) is 48.0 Å². The summed E-state index contributed by atoms with van der Waals surface area (Å²) < 4.78 is 5.76. The maximum absolute atomic E-state index is 11.0. The van der Waals surface area contributed by atoms with Gasteiger partial charge in [-0.1, -0.05) is 49.7 Å². The molecular weight excluding hydrogens is 248 g/mol. The first-order valence-electron chi connectivity index (χ1n) is 7.54. The van der Waals surface area contributed by atoms with E-state index in [2.05, 4.69) is 37.3 Å². The van der Waals surface area contributed by atoms with Crippen LogP contribution in [0.15, 0.2) is 42.5 Å². The van der Waals surface area contributed by atoms with Gasteiger partial charge in [0.1, 0.15) is 0 Å². The zero-order valence-electron chi connectivity index (χ0n) is 12.0. The Kier molecular flexibility index (Phi) is 3.77. The minimum Gasteiger partial charge on any atom is -0.385 e. The van der Waals surface area contributed by atoms with Crippen LogP contribution in [-0.2, 0) is 10.3 Å². The Labute approximate surface area is 120 Å². The summed E-state index contributed by atoms with van der Waals surface area (Å²) in [6.07, 6.45) is 3.70. The maximum atomic E-state index is 11.0. The highest BCUT2D eigenvalue weighted by atomic mass is 16.5. The van der Waals surface area contributed by atoms with Crippen LogP contribution in [0.25, 0.3) is 10.8 Å². The van der Waals surface area contributed by atoms with Gasteiger partial charge in [0.2, 0.25) is 0 Å². The van der Waals surface area contributed by atoms with Gasteiger partial charge in [-0.25, -0.2) is 0 Å². The molecule has 1 heterocycles. The number of hydrogen-bond donors (Lipinski definition) is 1. The molecule has 2 unspecified atom stereocenters. The average Bonchev–Trinajstić information content (AvgIpc) is 2.47. The van der Waals surface area contributed by atoms with Crippen LogP contribution in [0.3, 0.4) is 0 Å². The molecule has 20 heavy (non-hydrogen) atoms. The van der Waals surface area contributed by atoms with Crippen LogP contribution in [0.1, 0.15) is 38.2 Å². The second-order valence-corrected chi connectivity index (χ2v) is 5.83. The summed E-state index contributed by atoms with van der Waals surface area (Å²) in [6, 6.07) is 14.6. The van der Waals surface area contributed by atoms with Crippen molar-refractivity contribution in [2.24, 2.45) is 0 Å². The minimum atomic E-state index is -0.734. The van der Waals surface area contributed by atoms with Crippen molar-refractivity contribution >= 4 is 10.8 Å². The number of fused-ring (bicyclic) bond motifs is 1. The van der Waals surface area contributed by atoms with E-state index >= 15 is 0 Å². The topological polar surface area (TPSA) is 29.5 Å². The highest BCUT2D eigenvalue weighted by Gasteiger charge is 2.36. The van der Waals surface area contributed by atoms with Crippen LogP contribution in [0.4, 0.5) is 0 Å². The first kappa shape index (κ1) is 13.6. The van der Waals surface area contributed by atoms with E-state index in [9.17, 15) is 5.11 Å². The Balaban J connectivity index is 1.92. The number of rotatable bonds is 3. The fraction of sp³-hybridized carbons (Fsp3) is 0.444. The van der Waals surface area contributed by atoms with Gasteiger partial charge in [0.25, 0.3) is 0 Å². The van der Waals surface area contributed by atoms with E-state index < -0.39 is 5.60 Å². The molecule has 0 aliphatic carbocycles. The largest absolute Gasteiger partial charge is 0.385 e. The summed E-state index contributed by atoms with van der Waals surface area (Å²) in [5.41, 5.74) is 0.294. The quantitative estimate of drug-likeness (QED) is 0.913. The predicted octanol–water partition coefficient (Wildman–Crippen LogP) is 4.01. The lowest BCUT2D eigenvalue weighted by Crippen LogP contribution is -2.38. The van der Waals surface area contributed by atoms with Crippen LogP contribution in [-0.4, -0.2) is 17.8 Å². The first-order chi connectivity index (χ1) is 9.71. The average molecular weight is 270 g/mol. The molecule has 1 aliphatic heterocycles. The molecule has 3 rings (SSSR count). The Morgan fingerprint density at radius 2 is 2.00 bits per heavy atom. The van der Waals surface area contributed by atoms with Gasteiger partial charge in [0, 0.05) is 12.8 Å². The fourth-order valence-electron chi connectivity index (χ4n) is 3.18. The smallest absolute Gasteiger partial charge is 0.0943 e. The van der Waals surface area contributed by atoms with Crippen LogP contribution >= 0.6 is 0 Å². The molecule has 1 N–H and O–H groups in total. The van der Waals surface area contributed by atoms with Gasteiger partial charge < -0.3 is 9.84 Å². The molecule has 0 radical (unpaired) electrons. The third-order valence-electron chi connectivity index (χ3n) is 4.33. The van der Waals surface area contributed by atoms with Gasteiger partial charge in [-0.3, -0.25) is 0 Å². The number of ether oxygens (including phenoxy) is 1. The normalized spacial score (nSPS) is 26.8. The van der Waals surface area contributed by atoms with Crippen LogP contribution < -0.4 is 0 Å². The molecule has 1 saturated heterocycles. The zero-order chi connectivity index (χ0) is 14.0. The molecule has 0 amide bonds. The number of hydrogen-bond acceptors (Lipinski definition) is 2. The van der Waals surface area contributed by atoms with Gasteiger partial charge >= 0.3 is 0 Å². The molecule has 2 atom stereocenters. The van der Waals surface area contributed by atoms with E-state index in [-0.39, 0.29) is 6.10 Å². The number of aliphatic hydroxyl groups is 1. The Hall–Kier alpha value is -1.38. The Morgan fingerprint density at radius 1 is 1.20 bits per heavy atom. The van der Waals surface area contributed by atoms with Crippen molar-refractivity contribution in [2.75, 3.05) is 6.61 Å². The molecule has 0 spiro atoms. The number of benzene rings is 2. The van der Waals surface area contributed by atoms with E-state index in [1.54, 1.807) is 0 Å². The van der Waals surface area contributed by atoms with Crippen molar-refractivity contribution in [2.45, 2.75) is 44.3 Å². The molecule has 1 aliphatic rings. The molecule has 106 valence electrons. The molecule has 2 aromatic carbocycles. The van der Waals surface area contributed by atoms with Gasteiger partial charge in [-0.05, 0) is 28.8 Å². The summed E-state index contributed by atoms with van der Waals surface area (Å²) in [5.74, 6) is 0. The van der Waals surface area contributed by atoms with E-state index in [4.69, 9.17) is 4.74 Å². The SMILES string of the molecule is CCCC1CC(O)(c2ccc3ccccc3c2)CCO1. The van der Waals surface area contributed by atoms with Crippen molar-refractivity contribution in [3.63, 3.8) is 0 Å². The van der Waals surface area contributed by atoms with E-state index in [1.807, 2.05) is 12.1 Å². The molecule has 2 aromatic rings. The molecular formula is C18H22O2. The van der Waals surface area contributed by atoms with E-state index in [0.29, 0.717) is 19.4 Å². The van der Waals surface area contributed by atoms with Crippen LogP contribution in [0.5, 0.6) is 0 Å². The Bertz CT molecular complexity index is 591. The molecule has 2 nitrogen and oxygen atoms in total. The second-order valence-electron chi connectivity index (χ2n) is 5.83. The van der Waals surface area contributed by atoms with E-state index in [0.717, 1.165) is 18.4 Å². The first-order valence-corrected chi connectivity index (χ1v) is 7.54. The van der Waals surface area contributed by atoms with Crippen LogP contribution in [0.2, 0.25) is 0 Å². The molecule has 1 fully saturated rings. The lowest BCUT2D eigenvalue weighted by molar-refractivity contribution is -0.110. The fourth-order valence-corrected chi connectivity index (χ4v) is 3.18. The van der Waals surface area contributed by atoms with Crippen molar-refractivity contribution in [1.82, 2.24) is 0 Å². The summed E-state index contributed by atoms with van der Waals surface area (Å²) in [4.78, 5) is 0. The van der Waals surface area contributed by atoms with Crippen molar-refractivity contribution in [3.8, 4) is 0 Å². The van der Waals surface area contributed by atoms with Crippen molar-refractivity contribution in [1.29, 1.82) is 0 Å². The highest BCUT2D eigenvalue weighted by Crippen LogP contribution is 2.37. The molecule has 2 heteroatoms. The maximum Gasteiger partial charge on any atom is 0.0943 e. The van der Waals surface area contributed by atoms with Gasteiger partial charge in [-0.2, -0.15) is 0 Å². The Morgan fingerprint density at radius 3 is 2.80 bits per heavy atom. The van der Waals surface area contributed by atoms with Crippen LogP contribution in [0, 0.1) is 0 Å². The summed E-state index contributed by atoms with van der Waals surface area (Å²) in [5, 5.41) is 13.4. The van der Waals surface area contributed by atoms with Gasteiger partial charge in [-0.15, -0.1) is 0 Å². The van der Waals surface area contributed by atoms with E-state index in [1.165, 1.54) is 10.8 Å². The third kappa shape index (κ3) is 2.58. The highest BCUT2D eigenvalue weighted by molar-refractivity contribution is 5.83. The van der Waals surface area contributed by atoms with Gasteiger partial charge in [0.15, 0.2) is 0 Å².